The summed E-state index contributed by atoms with van der Waals surface area (Å²) in [5, 5.41) is 9.37. The second kappa shape index (κ2) is 3.54. The van der Waals surface area contributed by atoms with Crippen LogP contribution in [0.25, 0.3) is 0 Å². The molecule has 0 amide bonds. The predicted octanol–water partition coefficient (Wildman–Crippen LogP) is 1.76. The van der Waals surface area contributed by atoms with Crippen molar-refractivity contribution in [2.75, 3.05) is 0 Å². The highest BCUT2D eigenvalue weighted by Crippen LogP contribution is 2.50. The minimum Gasteiger partial charge on any atom is -0.481 e. The van der Waals surface area contributed by atoms with E-state index in [1.165, 1.54) is 6.42 Å². The van der Waals surface area contributed by atoms with E-state index in [1.54, 1.807) is 0 Å². The molecule has 3 N–H and O–H groups in total. The van der Waals surface area contributed by atoms with E-state index < -0.39 is 11.4 Å². The van der Waals surface area contributed by atoms with Gasteiger partial charge in [0, 0.05) is 6.04 Å². The zero-order chi connectivity index (χ0) is 10.2. The van der Waals surface area contributed by atoms with Gasteiger partial charge in [-0.3, -0.25) is 4.79 Å². The quantitative estimate of drug-likeness (QED) is 0.673. The van der Waals surface area contributed by atoms with Crippen LogP contribution >= 0.6 is 0 Å². The first kappa shape index (κ1) is 9.97. The molecule has 3 heteroatoms. The fraction of sp³-hybridized carbons (Fsp3) is 0.909. The van der Waals surface area contributed by atoms with E-state index >= 15 is 0 Å². The number of aliphatic carboxylic acids is 1. The van der Waals surface area contributed by atoms with Crippen molar-refractivity contribution in [3.8, 4) is 0 Å². The van der Waals surface area contributed by atoms with Crippen LogP contribution in [0, 0.1) is 11.3 Å². The molecule has 3 atom stereocenters. The molecule has 2 aliphatic carbocycles. The van der Waals surface area contributed by atoms with Crippen LogP contribution in [0.3, 0.4) is 0 Å². The lowest BCUT2D eigenvalue weighted by Crippen LogP contribution is -2.48. The summed E-state index contributed by atoms with van der Waals surface area (Å²) in [4.78, 5) is 11.4. The maximum atomic E-state index is 11.4. The average molecular weight is 197 g/mol. The monoisotopic (exact) mass is 197 g/mol. The molecule has 3 unspecified atom stereocenters. The number of carbonyl (C=O) groups is 1. The van der Waals surface area contributed by atoms with Gasteiger partial charge in [0.15, 0.2) is 0 Å². The Bertz CT molecular complexity index is 241. The highest BCUT2D eigenvalue weighted by Gasteiger charge is 2.49. The molecule has 0 aromatic carbocycles. The molecular weight excluding hydrogens is 178 g/mol. The third-order valence-electron chi connectivity index (χ3n) is 4.18. The molecule has 0 bridgehead atoms. The van der Waals surface area contributed by atoms with Gasteiger partial charge < -0.3 is 10.8 Å². The van der Waals surface area contributed by atoms with Crippen molar-refractivity contribution in [2.24, 2.45) is 17.1 Å². The van der Waals surface area contributed by atoms with Gasteiger partial charge in [-0.05, 0) is 38.0 Å². The summed E-state index contributed by atoms with van der Waals surface area (Å²) in [6, 6.07) is 0.241. The Morgan fingerprint density at radius 3 is 2.79 bits per heavy atom. The van der Waals surface area contributed by atoms with Crippen molar-refractivity contribution in [3.63, 3.8) is 0 Å². The molecule has 2 rings (SSSR count). The van der Waals surface area contributed by atoms with Crippen LogP contribution in [-0.2, 0) is 4.79 Å². The van der Waals surface area contributed by atoms with Gasteiger partial charge in [0.25, 0.3) is 0 Å². The fourth-order valence-corrected chi connectivity index (χ4v) is 3.30. The van der Waals surface area contributed by atoms with E-state index in [-0.39, 0.29) is 6.04 Å². The van der Waals surface area contributed by atoms with Gasteiger partial charge >= 0.3 is 5.97 Å². The number of carboxylic acid groups (broad SMARTS) is 1. The summed E-state index contributed by atoms with van der Waals surface area (Å²) >= 11 is 0. The number of fused-ring (bicyclic) bond motifs is 1. The third-order valence-corrected chi connectivity index (χ3v) is 4.18. The van der Waals surface area contributed by atoms with Gasteiger partial charge in [-0.2, -0.15) is 0 Å². The number of carboxylic acids is 1. The molecule has 0 radical (unpaired) electrons. The number of nitrogens with two attached hydrogens (primary N) is 1. The standard InChI is InChI=1S/C11H19NO2/c12-9-4-6-11(10(13)14)5-2-1-3-8(11)7-9/h8-9H,1-7,12H2,(H,13,14). The highest BCUT2D eigenvalue weighted by atomic mass is 16.4. The number of rotatable bonds is 1. The van der Waals surface area contributed by atoms with Crippen LogP contribution in [0.4, 0.5) is 0 Å². The van der Waals surface area contributed by atoms with Crippen molar-refractivity contribution in [1.29, 1.82) is 0 Å². The van der Waals surface area contributed by atoms with Crippen LogP contribution in [0.5, 0.6) is 0 Å². The van der Waals surface area contributed by atoms with Crippen molar-refractivity contribution in [3.05, 3.63) is 0 Å². The molecule has 0 aromatic rings. The summed E-state index contributed by atoms with van der Waals surface area (Å²) < 4.78 is 0. The minimum absolute atomic E-state index is 0.241. The van der Waals surface area contributed by atoms with Crippen molar-refractivity contribution < 1.29 is 9.90 Å². The lowest BCUT2D eigenvalue weighted by atomic mass is 9.58. The summed E-state index contributed by atoms with van der Waals surface area (Å²) in [6.07, 6.45) is 6.83. The molecule has 0 aromatic heterocycles. The van der Waals surface area contributed by atoms with Gasteiger partial charge in [0.2, 0.25) is 0 Å². The van der Waals surface area contributed by atoms with Crippen LogP contribution in [-0.4, -0.2) is 17.1 Å². The molecule has 2 fully saturated rings. The lowest BCUT2D eigenvalue weighted by Gasteiger charge is -2.46. The first-order chi connectivity index (χ1) is 6.65. The maximum absolute atomic E-state index is 11.4. The van der Waals surface area contributed by atoms with E-state index in [4.69, 9.17) is 5.73 Å². The van der Waals surface area contributed by atoms with Gasteiger partial charge in [-0.15, -0.1) is 0 Å². The Morgan fingerprint density at radius 1 is 1.29 bits per heavy atom. The van der Waals surface area contributed by atoms with Crippen LogP contribution in [0.1, 0.15) is 44.9 Å². The van der Waals surface area contributed by atoms with Crippen LogP contribution in [0.2, 0.25) is 0 Å². The average Bonchev–Trinajstić information content (AvgIpc) is 2.17. The van der Waals surface area contributed by atoms with E-state index in [0.717, 1.165) is 38.5 Å². The summed E-state index contributed by atoms with van der Waals surface area (Å²) in [5.41, 5.74) is 5.50. The van der Waals surface area contributed by atoms with Gasteiger partial charge in [0.1, 0.15) is 0 Å². The highest BCUT2D eigenvalue weighted by molar-refractivity contribution is 5.75. The molecule has 14 heavy (non-hydrogen) atoms. The zero-order valence-corrected chi connectivity index (χ0v) is 8.54. The largest absolute Gasteiger partial charge is 0.481 e. The number of hydrogen-bond acceptors (Lipinski definition) is 2. The van der Waals surface area contributed by atoms with E-state index in [9.17, 15) is 9.90 Å². The van der Waals surface area contributed by atoms with Crippen molar-refractivity contribution in [1.82, 2.24) is 0 Å². The second-order valence-corrected chi connectivity index (χ2v) is 4.94. The molecule has 0 spiro atoms. The molecule has 2 saturated carbocycles. The Kier molecular flexibility index (Phi) is 2.52. The molecule has 80 valence electrons. The molecule has 2 aliphatic rings. The van der Waals surface area contributed by atoms with Gasteiger partial charge in [-0.1, -0.05) is 12.8 Å². The molecule has 0 aliphatic heterocycles. The Hall–Kier alpha value is -0.570. The van der Waals surface area contributed by atoms with Crippen molar-refractivity contribution >= 4 is 5.97 Å². The number of hydrogen-bond donors (Lipinski definition) is 2. The van der Waals surface area contributed by atoms with Gasteiger partial charge in [0.05, 0.1) is 5.41 Å². The molecule has 0 heterocycles. The first-order valence-corrected chi connectivity index (χ1v) is 5.64. The summed E-state index contributed by atoms with van der Waals surface area (Å²) in [6.45, 7) is 0. The smallest absolute Gasteiger partial charge is 0.309 e. The Balaban J connectivity index is 2.20. The maximum Gasteiger partial charge on any atom is 0.309 e. The lowest BCUT2D eigenvalue weighted by molar-refractivity contribution is -0.158. The molecular formula is C11H19NO2. The fourth-order valence-electron chi connectivity index (χ4n) is 3.30. The van der Waals surface area contributed by atoms with Crippen LogP contribution in [0.15, 0.2) is 0 Å². The predicted molar refractivity (Wildman–Crippen MR) is 53.9 cm³/mol. The van der Waals surface area contributed by atoms with Crippen molar-refractivity contribution in [2.45, 2.75) is 51.0 Å². The first-order valence-electron chi connectivity index (χ1n) is 5.64. The van der Waals surface area contributed by atoms with E-state index in [2.05, 4.69) is 0 Å². The summed E-state index contributed by atoms with van der Waals surface area (Å²) in [7, 11) is 0. The minimum atomic E-state index is -0.575. The molecule has 3 nitrogen and oxygen atoms in total. The van der Waals surface area contributed by atoms with Gasteiger partial charge in [-0.25, -0.2) is 0 Å². The molecule has 0 saturated heterocycles. The van der Waals surface area contributed by atoms with E-state index in [0.29, 0.717) is 5.92 Å². The normalized spacial score (nSPS) is 42.9. The summed E-state index contributed by atoms with van der Waals surface area (Å²) in [5.74, 6) is -0.230. The topological polar surface area (TPSA) is 63.3 Å². The third kappa shape index (κ3) is 1.44. The SMILES string of the molecule is NC1CCC2(C(=O)O)CCCCC2C1. The Morgan fingerprint density at radius 2 is 2.07 bits per heavy atom. The van der Waals surface area contributed by atoms with E-state index in [1.807, 2.05) is 0 Å². The second-order valence-electron chi connectivity index (χ2n) is 4.94. The zero-order valence-electron chi connectivity index (χ0n) is 8.54. The van der Waals surface area contributed by atoms with Crippen LogP contribution < -0.4 is 5.73 Å². The Labute approximate surface area is 84.7 Å².